The Kier molecular flexibility index (Phi) is 6.15. The second-order valence-corrected chi connectivity index (χ2v) is 7.97. The lowest BCUT2D eigenvalue weighted by Gasteiger charge is -2.49. The molecule has 4 heteroatoms. The van der Waals surface area contributed by atoms with Crippen molar-refractivity contribution in [3.63, 3.8) is 0 Å². The number of amides is 1. The maximum Gasteiger partial charge on any atom is 0.225 e. The Morgan fingerprint density at radius 3 is 2.46 bits per heavy atom. The number of benzene rings is 1. The molecule has 0 unspecified atom stereocenters. The van der Waals surface area contributed by atoms with Gasteiger partial charge in [-0.1, -0.05) is 42.8 Å². The number of rotatable bonds is 7. The highest BCUT2D eigenvalue weighted by Gasteiger charge is 2.43. The molecule has 2 fully saturated rings. The van der Waals surface area contributed by atoms with Gasteiger partial charge < -0.3 is 15.3 Å². The van der Waals surface area contributed by atoms with E-state index in [0.717, 1.165) is 12.8 Å². The van der Waals surface area contributed by atoms with Crippen LogP contribution in [0.3, 0.4) is 0 Å². The topological polar surface area (TPSA) is 52.6 Å². The van der Waals surface area contributed by atoms with E-state index in [2.05, 4.69) is 49.5 Å². The lowest BCUT2D eigenvalue weighted by atomic mass is 9.76. The van der Waals surface area contributed by atoms with Crippen LogP contribution in [0.5, 0.6) is 0 Å². The molecule has 2 N–H and O–H groups in total. The summed E-state index contributed by atoms with van der Waals surface area (Å²) in [5, 5.41) is 13.2. The standard InChI is InChI=1S/C22H32N2O2/c1-4-6-16-9-11-17(12-10-16)21-19(23-20(21)14-25)13-24(15(2)3)22(26)18-7-5-8-18/h4,6,9-12,15,18-21,23,25H,5,7-8,13-14H2,1-3H3/t19-,20-,21+/m1/s1. The van der Waals surface area contributed by atoms with E-state index in [-0.39, 0.29) is 36.6 Å². The van der Waals surface area contributed by atoms with Crippen LogP contribution in [0.2, 0.25) is 0 Å². The molecule has 0 aromatic heterocycles. The van der Waals surface area contributed by atoms with Crippen molar-refractivity contribution in [2.24, 2.45) is 5.92 Å². The molecule has 1 saturated heterocycles. The van der Waals surface area contributed by atoms with Gasteiger partial charge >= 0.3 is 0 Å². The number of allylic oxidation sites excluding steroid dienone is 1. The molecule has 3 rings (SSSR count). The molecule has 4 nitrogen and oxygen atoms in total. The minimum Gasteiger partial charge on any atom is -0.395 e. The number of hydrogen-bond acceptors (Lipinski definition) is 3. The minimum absolute atomic E-state index is 0.0698. The van der Waals surface area contributed by atoms with Gasteiger partial charge in [-0.3, -0.25) is 4.79 Å². The Morgan fingerprint density at radius 1 is 1.27 bits per heavy atom. The van der Waals surface area contributed by atoms with Crippen LogP contribution in [0.25, 0.3) is 6.08 Å². The van der Waals surface area contributed by atoms with E-state index in [1.165, 1.54) is 17.5 Å². The largest absolute Gasteiger partial charge is 0.395 e. The van der Waals surface area contributed by atoms with Gasteiger partial charge in [0.25, 0.3) is 0 Å². The van der Waals surface area contributed by atoms with Crippen molar-refractivity contribution in [1.82, 2.24) is 10.2 Å². The molecule has 1 aromatic rings. The van der Waals surface area contributed by atoms with Crippen LogP contribution in [-0.2, 0) is 4.79 Å². The zero-order valence-electron chi connectivity index (χ0n) is 16.2. The van der Waals surface area contributed by atoms with Crippen LogP contribution < -0.4 is 5.32 Å². The van der Waals surface area contributed by atoms with Gasteiger partial charge in [-0.2, -0.15) is 0 Å². The molecule has 1 aliphatic carbocycles. The van der Waals surface area contributed by atoms with Crippen molar-refractivity contribution >= 4 is 12.0 Å². The summed E-state index contributed by atoms with van der Waals surface area (Å²) in [5.74, 6) is 0.780. The Morgan fingerprint density at radius 2 is 1.96 bits per heavy atom. The summed E-state index contributed by atoms with van der Waals surface area (Å²) >= 11 is 0. The molecule has 26 heavy (non-hydrogen) atoms. The molecule has 0 bridgehead atoms. The van der Waals surface area contributed by atoms with Crippen molar-refractivity contribution in [2.75, 3.05) is 13.2 Å². The SMILES string of the molecule is CC=Cc1ccc([C@@H]2[C@@H](CO)N[C@@H]2CN(C(=O)C2CCC2)C(C)C)cc1. The number of hydrogen-bond donors (Lipinski definition) is 2. The van der Waals surface area contributed by atoms with Gasteiger partial charge in [0, 0.05) is 36.5 Å². The molecule has 0 radical (unpaired) electrons. The number of aliphatic hydroxyl groups is 1. The van der Waals surface area contributed by atoms with Crippen LogP contribution in [0.1, 0.15) is 57.1 Å². The third-order valence-electron chi connectivity index (χ3n) is 5.93. The van der Waals surface area contributed by atoms with Gasteiger partial charge in [-0.05, 0) is 44.7 Å². The van der Waals surface area contributed by atoms with Crippen LogP contribution in [0.4, 0.5) is 0 Å². The van der Waals surface area contributed by atoms with Gasteiger partial charge in [0.1, 0.15) is 0 Å². The second kappa shape index (κ2) is 8.36. The van der Waals surface area contributed by atoms with Crippen molar-refractivity contribution in [3.8, 4) is 0 Å². The summed E-state index contributed by atoms with van der Waals surface area (Å²) < 4.78 is 0. The van der Waals surface area contributed by atoms with Crippen LogP contribution in [0, 0.1) is 5.92 Å². The van der Waals surface area contributed by atoms with Crippen LogP contribution >= 0.6 is 0 Å². The maximum absolute atomic E-state index is 12.8. The summed E-state index contributed by atoms with van der Waals surface area (Å²) in [5.41, 5.74) is 2.42. The zero-order chi connectivity index (χ0) is 18.7. The fourth-order valence-corrected chi connectivity index (χ4v) is 4.12. The first-order valence-electron chi connectivity index (χ1n) is 9.95. The van der Waals surface area contributed by atoms with Crippen LogP contribution in [0.15, 0.2) is 30.3 Å². The van der Waals surface area contributed by atoms with E-state index >= 15 is 0 Å². The number of carbonyl (C=O) groups excluding carboxylic acids is 1. The van der Waals surface area contributed by atoms with Gasteiger partial charge in [0.05, 0.1) is 6.61 Å². The molecule has 1 aliphatic heterocycles. The number of carbonyl (C=O) groups is 1. The summed E-state index contributed by atoms with van der Waals surface area (Å²) in [6.07, 6.45) is 7.37. The predicted octanol–water partition coefficient (Wildman–Crippen LogP) is 3.17. The molecule has 3 atom stereocenters. The smallest absolute Gasteiger partial charge is 0.225 e. The molecule has 1 aromatic carbocycles. The van der Waals surface area contributed by atoms with E-state index in [1.54, 1.807) is 0 Å². The summed E-state index contributed by atoms with van der Waals surface area (Å²) in [6, 6.07) is 9.04. The maximum atomic E-state index is 12.8. The fourth-order valence-electron chi connectivity index (χ4n) is 4.12. The van der Waals surface area contributed by atoms with E-state index in [9.17, 15) is 9.90 Å². The van der Waals surface area contributed by atoms with Crippen LogP contribution in [-0.4, -0.2) is 47.2 Å². The van der Waals surface area contributed by atoms with Crippen molar-refractivity contribution in [1.29, 1.82) is 0 Å². The van der Waals surface area contributed by atoms with E-state index in [1.807, 2.05) is 17.9 Å². The van der Waals surface area contributed by atoms with Crippen molar-refractivity contribution in [3.05, 3.63) is 41.5 Å². The Labute approximate surface area is 157 Å². The van der Waals surface area contributed by atoms with Crippen molar-refractivity contribution in [2.45, 2.75) is 64.1 Å². The summed E-state index contributed by atoms with van der Waals surface area (Å²) in [7, 11) is 0. The highest BCUT2D eigenvalue weighted by atomic mass is 16.3. The Bertz CT molecular complexity index is 634. The number of nitrogens with one attached hydrogen (secondary N) is 1. The molecule has 0 spiro atoms. The highest BCUT2D eigenvalue weighted by Crippen LogP contribution is 2.35. The number of nitrogens with zero attached hydrogens (tertiary/aromatic N) is 1. The minimum atomic E-state index is 0.0698. The summed E-state index contributed by atoms with van der Waals surface area (Å²) in [6.45, 7) is 7.04. The van der Waals surface area contributed by atoms with Gasteiger partial charge in [-0.25, -0.2) is 0 Å². The summed E-state index contributed by atoms with van der Waals surface area (Å²) in [4.78, 5) is 14.8. The second-order valence-electron chi connectivity index (χ2n) is 7.97. The van der Waals surface area contributed by atoms with Gasteiger partial charge in [-0.15, -0.1) is 0 Å². The molecular formula is C22H32N2O2. The fraction of sp³-hybridized carbons (Fsp3) is 0.591. The zero-order valence-corrected chi connectivity index (χ0v) is 16.2. The quantitative estimate of drug-likeness (QED) is 0.789. The third kappa shape index (κ3) is 3.86. The first kappa shape index (κ1) is 19.1. The van der Waals surface area contributed by atoms with E-state index in [4.69, 9.17) is 0 Å². The average Bonchev–Trinajstić information content (AvgIpc) is 2.54. The van der Waals surface area contributed by atoms with Gasteiger partial charge in [0.2, 0.25) is 5.91 Å². The van der Waals surface area contributed by atoms with Gasteiger partial charge in [0.15, 0.2) is 0 Å². The predicted molar refractivity (Wildman–Crippen MR) is 106 cm³/mol. The Balaban J connectivity index is 1.72. The molecule has 1 saturated carbocycles. The first-order chi connectivity index (χ1) is 12.5. The average molecular weight is 357 g/mol. The highest BCUT2D eigenvalue weighted by molar-refractivity contribution is 5.80. The van der Waals surface area contributed by atoms with Crippen molar-refractivity contribution < 1.29 is 9.90 Å². The lowest BCUT2D eigenvalue weighted by Crippen LogP contribution is -2.66. The lowest BCUT2D eigenvalue weighted by molar-refractivity contribution is -0.141. The van der Waals surface area contributed by atoms with E-state index < -0.39 is 0 Å². The number of aliphatic hydroxyl groups excluding tert-OH is 1. The third-order valence-corrected chi connectivity index (χ3v) is 5.93. The van der Waals surface area contributed by atoms with E-state index in [0.29, 0.717) is 12.5 Å². The molecular weight excluding hydrogens is 324 g/mol. The monoisotopic (exact) mass is 356 g/mol. The Hall–Kier alpha value is -1.65. The first-order valence-corrected chi connectivity index (χ1v) is 9.95. The molecule has 1 heterocycles. The molecule has 2 aliphatic rings. The molecule has 142 valence electrons. The normalized spacial score (nSPS) is 26.0. The molecule has 1 amide bonds.